The maximum absolute atomic E-state index is 4.70. The Balaban J connectivity index is 1.58. The number of fused-ring (bicyclic) bond motifs is 1. The van der Waals surface area contributed by atoms with Gasteiger partial charge in [-0.05, 0) is 32.0 Å². The largest absolute Gasteiger partial charge is 0.302 e. The second-order valence-electron chi connectivity index (χ2n) is 5.78. The van der Waals surface area contributed by atoms with Crippen molar-refractivity contribution in [2.75, 3.05) is 0 Å². The first-order chi connectivity index (χ1) is 12.2. The number of aromatic nitrogens is 4. The minimum absolute atomic E-state index is 0.811. The molecule has 2 aromatic carbocycles. The van der Waals surface area contributed by atoms with E-state index in [1.807, 2.05) is 6.07 Å². The Labute approximate surface area is 154 Å². The van der Waals surface area contributed by atoms with Crippen molar-refractivity contribution in [1.29, 1.82) is 0 Å². The molecule has 0 spiro atoms. The van der Waals surface area contributed by atoms with Crippen LogP contribution in [-0.2, 0) is 12.3 Å². The molecule has 0 radical (unpaired) electrons. The van der Waals surface area contributed by atoms with Gasteiger partial charge < -0.3 is 4.57 Å². The van der Waals surface area contributed by atoms with E-state index in [1.165, 1.54) is 10.3 Å². The number of benzene rings is 2. The van der Waals surface area contributed by atoms with Crippen molar-refractivity contribution < 1.29 is 0 Å². The van der Waals surface area contributed by atoms with Crippen LogP contribution in [0, 0.1) is 6.92 Å². The van der Waals surface area contributed by atoms with Gasteiger partial charge in [0.25, 0.3) is 0 Å². The molecule has 2 heterocycles. The Morgan fingerprint density at radius 1 is 1.08 bits per heavy atom. The number of thioether (sulfide) groups is 1. The summed E-state index contributed by atoms with van der Waals surface area (Å²) in [6, 6.07) is 16.7. The molecular weight excluding hydrogens is 348 g/mol. The summed E-state index contributed by atoms with van der Waals surface area (Å²) in [6.45, 7) is 5.07. The van der Waals surface area contributed by atoms with Crippen molar-refractivity contribution in [1.82, 2.24) is 19.7 Å². The van der Waals surface area contributed by atoms with Gasteiger partial charge >= 0.3 is 0 Å². The summed E-state index contributed by atoms with van der Waals surface area (Å²) in [7, 11) is 0. The molecule has 2 aromatic heterocycles. The zero-order chi connectivity index (χ0) is 17.2. The van der Waals surface area contributed by atoms with Crippen LogP contribution in [0.3, 0.4) is 0 Å². The highest BCUT2D eigenvalue weighted by molar-refractivity contribution is 7.98. The average Bonchev–Trinajstić information content (AvgIpc) is 3.23. The zero-order valence-corrected chi connectivity index (χ0v) is 15.8. The molecule has 0 N–H and O–H groups in total. The molecule has 0 unspecified atom stereocenters. The molecule has 4 nitrogen and oxygen atoms in total. The van der Waals surface area contributed by atoms with E-state index in [0.717, 1.165) is 39.4 Å². The summed E-state index contributed by atoms with van der Waals surface area (Å²) >= 11 is 3.44. The molecule has 25 heavy (non-hydrogen) atoms. The van der Waals surface area contributed by atoms with E-state index < -0.39 is 0 Å². The summed E-state index contributed by atoms with van der Waals surface area (Å²) in [4.78, 5) is 4.70. The smallest absolute Gasteiger partial charge is 0.191 e. The van der Waals surface area contributed by atoms with Gasteiger partial charge in [-0.2, -0.15) is 0 Å². The maximum Gasteiger partial charge on any atom is 0.191 e. The van der Waals surface area contributed by atoms with E-state index in [9.17, 15) is 0 Å². The number of para-hydroxylation sites is 1. The highest BCUT2D eigenvalue weighted by Crippen LogP contribution is 2.29. The van der Waals surface area contributed by atoms with Gasteiger partial charge in [0, 0.05) is 12.1 Å². The monoisotopic (exact) mass is 366 g/mol. The highest BCUT2D eigenvalue weighted by Gasteiger charge is 2.14. The number of rotatable bonds is 5. The van der Waals surface area contributed by atoms with Crippen LogP contribution >= 0.6 is 23.1 Å². The zero-order valence-electron chi connectivity index (χ0n) is 14.1. The van der Waals surface area contributed by atoms with Crippen molar-refractivity contribution in [3.63, 3.8) is 0 Å². The van der Waals surface area contributed by atoms with Crippen molar-refractivity contribution in [3.8, 4) is 11.4 Å². The predicted octanol–water partition coefficient (Wildman–Crippen LogP) is 5.18. The topological polar surface area (TPSA) is 43.6 Å². The second-order valence-corrected chi connectivity index (χ2v) is 7.84. The maximum atomic E-state index is 4.70. The average molecular weight is 367 g/mol. The number of hydrogen-bond acceptors (Lipinski definition) is 5. The Kier molecular flexibility index (Phi) is 4.55. The van der Waals surface area contributed by atoms with Gasteiger partial charge in [0.2, 0.25) is 0 Å². The molecule has 0 aliphatic heterocycles. The standard InChI is InChI=1S/C19H18N4S2/c1-3-23-18(14-8-6-7-13(2)11-14)21-22-19(23)24-12-17-20-15-9-4-5-10-16(15)25-17/h4-11H,3,12H2,1-2H3. The summed E-state index contributed by atoms with van der Waals surface area (Å²) in [5.74, 6) is 1.74. The van der Waals surface area contributed by atoms with E-state index in [0.29, 0.717) is 0 Å². The lowest BCUT2D eigenvalue weighted by Crippen LogP contribution is -2.00. The van der Waals surface area contributed by atoms with Gasteiger partial charge in [0.05, 0.1) is 16.0 Å². The number of thiazole rings is 1. The van der Waals surface area contributed by atoms with Crippen LogP contribution in [-0.4, -0.2) is 19.7 Å². The van der Waals surface area contributed by atoms with E-state index in [1.54, 1.807) is 23.1 Å². The van der Waals surface area contributed by atoms with Crippen LogP contribution in [0.5, 0.6) is 0 Å². The molecular formula is C19H18N4S2. The molecule has 4 aromatic rings. The van der Waals surface area contributed by atoms with Gasteiger partial charge in [0.15, 0.2) is 11.0 Å². The van der Waals surface area contributed by atoms with E-state index in [2.05, 4.69) is 71.1 Å². The van der Waals surface area contributed by atoms with Crippen LogP contribution in [0.1, 0.15) is 17.5 Å². The molecule has 0 atom stereocenters. The molecule has 0 saturated carbocycles. The van der Waals surface area contributed by atoms with Crippen LogP contribution in [0.2, 0.25) is 0 Å². The third kappa shape index (κ3) is 3.32. The first-order valence-electron chi connectivity index (χ1n) is 8.22. The van der Waals surface area contributed by atoms with Crippen molar-refractivity contribution in [2.24, 2.45) is 0 Å². The Morgan fingerprint density at radius 2 is 1.96 bits per heavy atom. The molecule has 0 aliphatic rings. The predicted molar refractivity (Wildman–Crippen MR) is 105 cm³/mol. The minimum atomic E-state index is 0.811. The lowest BCUT2D eigenvalue weighted by Gasteiger charge is -2.07. The Morgan fingerprint density at radius 3 is 2.76 bits per heavy atom. The lowest BCUT2D eigenvalue weighted by atomic mass is 10.1. The van der Waals surface area contributed by atoms with Crippen LogP contribution in [0.25, 0.3) is 21.6 Å². The van der Waals surface area contributed by atoms with Crippen molar-refractivity contribution in [2.45, 2.75) is 31.3 Å². The molecule has 4 rings (SSSR count). The molecule has 0 bridgehead atoms. The van der Waals surface area contributed by atoms with E-state index >= 15 is 0 Å². The summed E-state index contributed by atoms with van der Waals surface area (Å²) < 4.78 is 3.41. The summed E-state index contributed by atoms with van der Waals surface area (Å²) in [5, 5.41) is 10.9. The molecule has 0 amide bonds. The van der Waals surface area contributed by atoms with Crippen molar-refractivity contribution >= 4 is 33.3 Å². The molecule has 126 valence electrons. The molecule has 0 saturated heterocycles. The van der Waals surface area contributed by atoms with Crippen LogP contribution < -0.4 is 0 Å². The number of nitrogens with zero attached hydrogens (tertiary/aromatic N) is 4. The third-order valence-electron chi connectivity index (χ3n) is 3.97. The van der Waals surface area contributed by atoms with Crippen LogP contribution in [0.15, 0.2) is 53.7 Å². The molecule has 0 fully saturated rings. The summed E-state index contributed by atoms with van der Waals surface area (Å²) in [6.07, 6.45) is 0. The van der Waals surface area contributed by atoms with E-state index in [4.69, 9.17) is 4.98 Å². The normalized spacial score (nSPS) is 11.3. The number of aryl methyl sites for hydroxylation is 1. The highest BCUT2D eigenvalue weighted by atomic mass is 32.2. The third-order valence-corrected chi connectivity index (χ3v) is 6.17. The van der Waals surface area contributed by atoms with Gasteiger partial charge in [-0.1, -0.05) is 47.7 Å². The van der Waals surface area contributed by atoms with Crippen molar-refractivity contribution in [3.05, 3.63) is 59.1 Å². The fourth-order valence-corrected chi connectivity index (χ4v) is 4.75. The van der Waals surface area contributed by atoms with Gasteiger partial charge in [-0.25, -0.2) is 4.98 Å². The molecule has 6 heteroatoms. The fraction of sp³-hybridized carbons (Fsp3) is 0.211. The second kappa shape index (κ2) is 6.98. The lowest BCUT2D eigenvalue weighted by molar-refractivity contribution is 0.687. The van der Waals surface area contributed by atoms with E-state index in [-0.39, 0.29) is 0 Å². The van der Waals surface area contributed by atoms with Gasteiger partial charge in [0.1, 0.15) is 5.01 Å². The SMILES string of the molecule is CCn1c(SCc2nc3ccccc3s2)nnc1-c1cccc(C)c1. The fourth-order valence-electron chi connectivity index (χ4n) is 2.79. The first kappa shape index (κ1) is 16.3. The Bertz CT molecular complexity index is 986. The first-order valence-corrected chi connectivity index (χ1v) is 10.0. The molecule has 0 aliphatic carbocycles. The summed E-state index contributed by atoms with van der Waals surface area (Å²) in [5.41, 5.74) is 3.41. The quantitative estimate of drug-likeness (QED) is 0.457. The minimum Gasteiger partial charge on any atom is -0.302 e. The number of hydrogen-bond donors (Lipinski definition) is 0. The van der Waals surface area contributed by atoms with Gasteiger partial charge in [-0.15, -0.1) is 21.5 Å². The Hall–Kier alpha value is -2.18. The van der Waals surface area contributed by atoms with Gasteiger partial charge in [-0.3, -0.25) is 0 Å². The van der Waals surface area contributed by atoms with Crippen LogP contribution in [0.4, 0.5) is 0 Å².